The minimum absolute atomic E-state index is 0.855. The van der Waals surface area contributed by atoms with Gasteiger partial charge in [-0.15, -0.1) is 11.8 Å². The van der Waals surface area contributed by atoms with Crippen molar-refractivity contribution in [1.82, 2.24) is 15.5 Å². The molecule has 0 aromatic carbocycles. The van der Waals surface area contributed by atoms with E-state index < -0.39 is 0 Å². The van der Waals surface area contributed by atoms with E-state index in [1.807, 2.05) is 19.4 Å². The Hall–Kier alpha value is -0.480. The molecular formula is C6H11N3S. The zero-order valence-corrected chi connectivity index (χ0v) is 6.96. The summed E-state index contributed by atoms with van der Waals surface area (Å²) in [5, 5.41) is 11.1. The van der Waals surface area contributed by atoms with E-state index in [4.69, 9.17) is 0 Å². The molecule has 0 amide bonds. The largest absolute Gasteiger partial charge is 0.314 e. The Kier molecular flexibility index (Phi) is 2.77. The summed E-state index contributed by atoms with van der Waals surface area (Å²) in [5.74, 6) is 0. The molecule has 10 heavy (non-hydrogen) atoms. The van der Waals surface area contributed by atoms with Crippen LogP contribution in [0.1, 0.15) is 5.69 Å². The number of hydrogen-bond acceptors (Lipinski definition) is 3. The summed E-state index contributed by atoms with van der Waals surface area (Å²) in [6, 6.07) is 2.04. The number of thioether (sulfide) groups is 1. The van der Waals surface area contributed by atoms with Crippen molar-refractivity contribution in [3.8, 4) is 0 Å². The van der Waals surface area contributed by atoms with Gasteiger partial charge in [0, 0.05) is 6.54 Å². The van der Waals surface area contributed by atoms with Crippen molar-refractivity contribution in [2.24, 2.45) is 0 Å². The average molecular weight is 157 g/mol. The van der Waals surface area contributed by atoms with E-state index in [1.54, 1.807) is 11.8 Å². The Morgan fingerprint density at radius 3 is 3.10 bits per heavy atom. The van der Waals surface area contributed by atoms with Gasteiger partial charge in [-0.05, 0) is 19.4 Å². The van der Waals surface area contributed by atoms with Gasteiger partial charge < -0.3 is 5.32 Å². The molecule has 0 aliphatic carbocycles. The van der Waals surface area contributed by atoms with Crippen LogP contribution in [-0.4, -0.2) is 23.5 Å². The second-order valence-electron chi connectivity index (χ2n) is 1.97. The molecule has 4 heteroatoms. The maximum Gasteiger partial charge on any atom is 0.118 e. The Labute approximate surface area is 64.6 Å². The van der Waals surface area contributed by atoms with Gasteiger partial charge in [0.25, 0.3) is 0 Å². The molecule has 0 unspecified atom stereocenters. The Bertz CT molecular complexity index is 197. The van der Waals surface area contributed by atoms with Crippen LogP contribution in [0.3, 0.4) is 0 Å². The molecule has 1 aromatic heterocycles. The molecule has 0 saturated carbocycles. The van der Waals surface area contributed by atoms with Crippen molar-refractivity contribution < 1.29 is 0 Å². The van der Waals surface area contributed by atoms with Gasteiger partial charge in [0.2, 0.25) is 0 Å². The summed E-state index contributed by atoms with van der Waals surface area (Å²) in [6.45, 7) is 0.855. The molecule has 3 nitrogen and oxygen atoms in total. The minimum Gasteiger partial charge on any atom is -0.314 e. The quantitative estimate of drug-likeness (QED) is 0.639. The molecule has 1 rings (SSSR count). The maximum atomic E-state index is 4.05. The highest BCUT2D eigenvalue weighted by Crippen LogP contribution is 2.10. The second-order valence-corrected chi connectivity index (χ2v) is 2.79. The second kappa shape index (κ2) is 3.63. The predicted octanol–water partition coefficient (Wildman–Crippen LogP) is 0.851. The average Bonchev–Trinajstić information content (AvgIpc) is 2.37. The van der Waals surface area contributed by atoms with Crippen LogP contribution in [-0.2, 0) is 6.54 Å². The standard InChI is InChI=1S/C6H11N3S/c1-7-4-5-3-6(10-2)9-8-5/h3,7H,4H2,1-2H3,(H,8,9). The van der Waals surface area contributed by atoms with Crippen molar-refractivity contribution in [3.63, 3.8) is 0 Å². The van der Waals surface area contributed by atoms with Crippen LogP contribution in [0.2, 0.25) is 0 Å². The summed E-state index contributed by atoms with van der Waals surface area (Å²) in [5.41, 5.74) is 1.13. The molecule has 0 radical (unpaired) electrons. The molecule has 1 heterocycles. The highest BCUT2D eigenvalue weighted by molar-refractivity contribution is 7.98. The minimum atomic E-state index is 0.855. The van der Waals surface area contributed by atoms with E-state index in [2.05, 4.69) is 15.5 Å². The number of H-pyrrole nitrogens is 1. The summed E-state index contributed by atoms with van der Waals surface area (Å²) in [4.78, 5) is 0. The summed E-state index contributed by atoms with van der Waals surface area (Å²) < 4.78 is 0. The van der Waals surface area contributed by atoms with Crippen LogP contribution in [0.15, 0.2) is 11.1 Å². The number of hydrogen-bond donors (Lipinski definition) is 2. The van der Waals surface area contributed by atoms with E-state index in [0.29, 0.717) is 0 Å². The van der Waals surface area contributed by atoms with Gasteiger partial charge in [0.15, 0.2) is 0 Å². The smallest absolute Gasteiger partial charge is 0.118 e. The van der Waals surface area contributed by atoms with Gasteiger partial charge in [0.05, 0.1) is 5.69 Å². The fourth-order valence-electron chi connectivity index (χ4n) is 0.726. The molecule has 0 atom stereocenters. The molecule has 0 spiro atoms. The zero-order chi connectivity index (χ0) is 7.40. The molecular weight excluding hydrogens is 146 g/mol. The highest BCUT2D eigenvalue weighted by atomic mass is 32.2. The Morgan fingerprint density at radius 2 is 2.60 bits per heavy atom. The van der Waals surface area contributed by atoms with Crippen LogP contribution in [0.25, 0.3) is 0 Å². The van der Waals surface area contributed by atoms with Crippen molar-refractivity contribution in [3.05, 3.63) is 11.8 Å². The van der Waals surface area contributed by atoms with Gasteiger partial charge in [-0.1, -0.05) is 0 Å². The first-order valence-electron chi connectivity index (χ1n) is 3.09. The first kappa shape index (κ1) is 7.63. The van der Waals surface area contributed by atoms with E-state index in [1.165, 1.54) is 0 Å². The number of aromatic nitrogens is 2. The zero-order valence-electron chi connectivity index (χ0n) is 6.14. The Balaban J connectivity index is 2.59. The lowest BCUT2D eigenvalue weighted by Crippen LogP contribution is -2.04. The van der Waals surface area contributed by atoms with Crippen LogP contribution in [0.4, 0.5) is 0 Å². The van der Waals surface area contributed by atoms with Gasteiger partial charge in [-0.3, -0.25) is 5.10 Å². The topological polar surface area (TPSA) is 40.7 Å². The van der Waals surface area contributed by atoms with Crippen molar-refractivity contribution >= 4 is 11.8 Å². The molecule has 0 aliphatic rings. The van der Waals surface area contributed by atoms with Gasteiger partial charge in [-0.25, -0.2) is 0 Å². The molecule has 1 aromatic rings. The van der Waals surface area contributed by atoms with Crippen LogP contribution in [0, 0.1) is 0 Å². The van der Waals surface area contributed by atoms with Crippen molar-refractivity contribution in [1.29, 1.82) is 0 Å². The molecule has 0 saturated heterocycles. The predicted molar refractivity (Wildman–Crippen MR) is 43.1 cm³/mol. The highest BCUT2D eigenvalue weighted by Gasteiger charge is 1.96. The van der Waals surface area contributed by atoms with E-state index in [0.717, 1.165) is 17.3 Å². The van der Waals surface area contributed by atoms with E-state index in [9.17, 15) is 0 Å². The van der Waals surface area contributed by atoms with Gasteiger partial charge in [0.1, 0.15) is 5.03 Å². The summed E-state index contributed by atoms with van der Waals surface area (Å²) in [6.07, 6.45) is 2.01. The van der Waals surface area contributed by atoms with Gasteiger partial charge >= 0.3 is 0 Å². The molecule has 56 valence electrons. The van der Waals surface area contributed by atoms with Crippen molar-refractivity contribution in [2.45, 2.75) is 11.6 Å². The fraction of sp³-hybridized carbons (Fsp3) is 0.500. The molecule has 0 aliphatic heterocycles. The van der Waals surface area contributed by atoms with E-state index in [-0.39, 0.29) is 0 Å². The first-order chi connectivity index (χ1) is 4.86. The summed E-state index contributed by atoms with van der Waals surface area (Å²) in [7, 11) is 1.92. The number of aromatic amines is 1. The first-order valence-corrected chi connectivity index (χ1v) is 4.32. The van der Waals surface area contributed by atoms with Crippen LogP contribution >= 0.6 is 11.8 Å². The SMILES string of the molecule is CNCc1cc(SC)n[nH]1. The Morgan fingerprint density at radius 1 is 1.80 bits per heavy atom. The monoisotopic (exact) mass is 157 g/mol. The lowest BCUT2D eigenvalue weighted by Gasteiger charge is -1.89. The van der Waals surface area contributed by atoms with Crippen molar-refractivity contribution in [2.75, 3.05) is 13.3 Å². The molecule has 0 fully saturated rings. The van der Waals surface area contributed by atoms with Crippen LogP contribution < -0.4 is 5.32 Å². The number of nitrogens with zero attached hydrogens (tertiary/aromatic N) is 1. The number of nitrogens with one attached hydrogen (secondary N) is 2. The molecule has 2 N–H and O–H groups in total. The van der Waals surface area contributed by atoms with E-state index >= 15 is 0 Å². The third-order valence-electron chi connectivity index (χ3n) is 1.18. The molecule has 0 bridgehead atoms. The lowest BCUT2D eigenvalue weighted by atomic mass is 10.4. The summed E-state index contributed by atoms with van der Waals surface area (Å²) >= 11 is 1.65. The van der Waals surface area contributed by atoms with Gasteiger partial charge in [-0.2, -0.15) is 5.10 Å². The lowest BCUT2D eigenvalue weighted by molar-refractivity contribution is 0.783. The third kappa shape index (κ3) is 1.75. The number of rotatable bonds is 3. The third-order valence-corrected chi connectivity index (χ3v) is 1.81. The maximum absolute atomic E-state index is 4.05. The van der Waals surface area contributed by atoms with Crippen LogP contribution in [0.5, 0.6) is 0 Å². The fourth-order valence-corrected chi connectivity index (χ4v) is 1.12. The normalized spacial score (nSPS) is 10.2.